The molecule has 3 aromatic rings. The van der Waals surface area contributed by atoms with Crippen LogP contribution >= 0.6 is 31.9 Å². The van der Waals surface area contributed by atoms with Gasteiger partial charge in [-0.2, -0.15) is 0 Å². The number of nitrogens with two attached hydrogens (primary N) is 1. The third-order valence-electron chi connectivity index (χ3n) is 3.20. The first-order valence-corrected chi connectivity index (χ1v) is 8.07. The molecule has 3 aromatic carbocycles. The Morgan fingerprint density at radius 2 is 1.76 bits per heavy atom. The normalized spacial score (nSPS) is 10.8. The minimum Gasteiger partial charge on any atom is -0.488 e. The van der Waals surface area contributed by atoms with Gasteiger partial charge in [0.1, 0.15) is 12.4 Å². The summed E-state index contributed by atoms with van der Waals surface area (Å²) in [5.41, 5.74) is 7.59. The third kappa shape index (κ3) is 3.22. The lowest BCUT2D eigenvalue weighted by atomic mass is 10.1. The SMILES string of the molecule is Nc1cc(Br)cc(COc2ccc3ccccc3c2Br)c1. The molecule has 0 heterocycles. The number of anilines is 1. The fourth-order valence-corrected chi connectivity index (χ4v) is 3.41. The van der Waals surface area contributed by atoms with Crippen molar-refractivity contribution in [3.8, 4) is 5.75 Å². The van der Waals surface area contributed by atoms with Crippen LogP contribution in [0.4, 0.5) is 5.69 Å². The highest BCUT2D eigenvalue weighted by Crippen LogP contribution is 2.33. The fourth-order valence-electron chi connectivity index (χ4n) is 2.24. The van der Waals surface area contributed by atoms with E-state index in [0.29, 0.717) is 6.61 Å². The van der Waals surface area contributed by atoms with E-state index in [4.69, 9.17) is 10.5 Å². The van der Waals surface area contributed by atoms with E-state index in [0.717, 1.165) is 31.3 Å². The van der Waals surface area contributed by atoms with Crippen LogP contribution in [-0.4, -0.2) is 0 Å². The molecule has 0 saturated heterocycles. The predicted molar refractivity (Wildman–Crippen MR) is 94.5 cm³/mol. The van der Waals surface area contributed by atoms with Crippen LogP contribution in [0.1, 0.15) is 5.56 Å². The molecule has 21 heavy (non-hydrogen) atoms. The van der Waals surface area contributed by atoms with Crippen molar-refractivity contribution in [2.75, 3.05) is 5.73 Å². The number of rotatable bonds is 3. The second-order valence-corrected chi connectivity index (χ2v) is 6.49. The lowest BCUT2D eigenvalue weighted by molar-refractivity contribution is 0.305. The van der Waals surface area contributed by atoms with Crippen molar-refractivity contribution in [1.82, 2.24) is 0 Å². The van der Waals surface area contributed by atoms with Gasteiger partial charge in [0.05, 0.1) is 4.47 Å². The van der Waals surface area contributed by atoms with Gasteiger partial charge in [-0.25, -0.2) is 0 Å². The lowest BCUT2D eigenvalue weighted by Crippen LogP contribution is -1.98. The first kappa shape index (κ1) is 14.4. The first-order chi connectivity index (χ1) is 10.1. The summed E-state index contributed by atoms with van der Waals surface area (Å²) in [6, 6.07) is 18.0. The van der Waals surface area contributed by atoms with E-state index in [1.807, 2.05) is 36.4 Å². The van der Waals surface area contributed by atoms with Crippen LogP contribution in [-0.2, 0) is 6.61 Å². The standard InChI is InChI=1S/C17H13Br2NO/c18-13-7-11(8-14(20)9-13)10-21-16-6-5-12-3-1-2-4-15(12)17(16)19/h1-9H,10,20H2. The summed E-state index contributed by atoms with van der Waals surface area (Å²) in [5.74, 6) is 0.826. The molecule has 0 spiro atoms. The summed E-state index contributed by atoms with van der Waals surface area (Å²) in [5, 5.41) is 2.33. The predicted octanol–water partition coefficient (Wildman–Crippen LogP) is 5.53. The van der Waals surface area contributed by atoms with Crippen molar-refractivity contribution in [3.63, 3.8) is 0 Å². The molecule has 0 amide bonds. The maximum absolute atomic E-state index is 5.92. The second-order valence-electron chi connectivity index (χ2n) is 4.78. The Hall–Kier alpha value is -1.52. The van der Waals surface area contributed by atoms with Crippen LogP contribution in [0.2, 0.25) is 0 Å². The molecule has 0 radical (unpaired) electrons. The second kappa shape index (κ2) is 6.08. The van der Waals surface area contributed by atoms with E-state index in [1.54, 1.807) is 0 Å². The van der Waals surface area contributed by atoms with Crippen molar-refractivity contribution in [2.24, 2.45) is 0 Å². The molecule has 0 bridgehead atoms. The highest BCUT2D eigenvalue weighted by Gasteiger charge is 2.06. The van der Waals surface area contributed by atoms with Crippen LogP contribution in [0.3, 0.4) is 0 Å². The lowest BCUT2D eigenvalue weighted by Gasteiger charge is -2.11. The topological polar surface area (TPSA) is 35.2 Å². The molecule has 3 rings (SSSR count). The van der Waals surface area contributed by atoms with Crippen molar-refractivity contribution in [3.05, 3.63) is 69.1 Å². The van der Waals surface area contributed by atoms with Crippen molar-refractivity contribution >= 4 is 48.3 Å². The fraction of sp³-hybridized carbons (Fsp3) is 0.0588. The number of fused-ring (bicyclic) bond motifs is 1. The van der Waals surface area contributed by atoms with Gasteiger partial charge in [0.15, 0.2) is 0 Å². The van der Waals surface area contributed by atoms with Gasteiger partial charge < -0.3 is 10.5 Å². The van der Waals surface area contributed by atoms with Crippen LogP contribution in [0.5, 0.6) is 5.75 Å². The van der Waals surface area contributed by atoms with Crippen LogP contribution in [0.25, 0.3) is 10.8 Å². The number of halogens is 2. The summed E-state index contributed by atoms with van der Waals surface area (Å²) < 4.78 is 7.85. The summed E-state index contributed by atoms with van der Waals surface area (Å²) in [6.07, 6.45) is 0. The number of hydrogen-bond acceptors (Lipinski definition) is 2. The monoisotopic (exact) mass is 405 g/mol. The molecule has 2 N–H and O–H groups in total. The van der Waals surface area contributed by atoms with Gasteiger partial charge in [0.25, 0.3) is 0 Å². The van der Waals surface area contributed by atoms with Gasteiger partial charge >= 0.3 is 0 Å². The van der Waals surface area contributed by atoms with Crippen molar-refractivity contribution in [2.45, 2.75) is 6.61 Å². The Balaban J connectivity index is 1.86. The van der Waals surface area contributed by atoms with Crippen molar-refractivity contribution < 1.29 is 4.74 Å². The summed E-state index contributed by atoms with van der Waals surface area (Å²) in [6.45, 7) is 0.473. The van der Waals surface area contributed by atoms with Crippen LogP contribution in [0.15, 0.2) is 63.5 Å². The van der Waals surface area contributed by atoms with Gasteiger partial charge in [-0.05, 0) is 56.5 Å². The quantitative estimate of drug-likeness (QED) is 0.580. The molecule has 0 fully saturated rings. The molecular formula is C17H13Br2NO. The Bertz CT molecular complexity index is 782. The Kier molecular flexibility index (Phi) is 4.17. The van der Waals surface area contributed by atoms with Crippen molar-refractivity contribution in [1.29, 1.82) is 0 Å². The summed E-state index contributed by atoms with van der Waals surface area (Å²) in [4.78, 5) is 0. The molecule has 4 heteroatoms. The van der Waals surface area contributed by atoms with Gasteiger partial charge in [0.2, 0.25) is 0 Å². The van der Waals surface area contributed by atoms with Gasteiger partial charge in [-0.3, -0.25) is 0 Å². The molecule has 106 valence electrons. The third-order valence-corrected chi connectivity index (χ3v) is 4.48. The molecule has 0 aliphatic carbocycles. The van der Waals surface area contributed by atoms with Crippen LogP contribution in [0, 0.1) is 0 Å². The maximum Gasteiger partial charge on any atom is 0.134 e. The zero-order valence-electron chi connectivity index (χ0n) is 11.1. The molecule has 0 saturated carbocycles. The number of hydrogen-bond donors (Lipinski definition) is 1. The van der Waals surface area contributed by atoms with E-state index in [1.165, 1.54) is 5.39 Å². The number of ether oxygens (including phenoxy) is 1. The highest BCUT2D eigenvalue weighted by molar-refractivity contribution is 9.11. The van der Waals surface area contributed by atoms with E-state index in [9.17, 15) is 0 Å². The van der Waals surface area contributed by atoms with E-state index >= 15 is 0 Å². The van der Waals surface area contributed by atoms with E-state index < -0.39 is 0 Å². The largest absolute Gasteiger partial charge is 0.488 e. The Morgan fingerprint density at radius 3 is 2.57 bits per heavy atom. The average molecular weight is 407 g/mol. The molecule has 0 atom stereocenters. The van der Waals surface area contributed by atoms with Gasteiger partial charge in [-0.1, -0.05) is 46.3 Å². The molecule has 2 nitrogen and oxygen atoms in total. The van der Waals surface area contributed by atoms with Gasteiger partial charge in [-0.15, -0.1) is 0 Å². The summed E-state index contributed by atoms with van der Waals surface area (Å²) >= 11 is 7.07. The molecule has 0 unspecified atom stereocenters. The average Bonchev–Trinajstić information content (AvgIpc) is 2.46. The molecule has 0 aliphatic heterocycles. The summed E-state index contributed by atoms with van der Waals surface area (Å²) in [7, 11) is 0. The minimum atomic E-state index is 0.473. The maximum atomic E-state index is 5.92. The number of benzene rings is 3. The smallest absolute Gasteiger partial charge is 0.134 e. The zero-order valence-corrected chi connectivity index (χ0v) is 14.3. The Morgan fingerprint density at radius 1 is 0.952 bits per heavy atom. The zero-order chi connectivity index (χ0) is 14.8. The van der Waals surface area contributed by atoms with E-state index in [-0.39, 0.29) is 0 Å². The molecular weight excluding hydrogens is 394 g/mol. The van der Waals surface area contributed by atoms with Gasteiger partial charge in [0, 0.05) is 10.2 Å². The number of nitrogen functional groups attached to an aromatic ring is 1. The van der Waals surface area contributed by atoms with E-state index in [2.05, 4.69) is 50.1 Å². The Labute approximate surface area is 140 Å². The van der Waals surface area contributed by atoms with Crippen LogP contribution < -0.4 is 10.5 Å². The first-order valence-electron chi connectivity index (χ1n) is 6.48. The minimum absolute atomic E-state index is 0.473. The molecule has 0 aliphatic rings. The highest BCUT2D eigenvalue weighted by atomic mass is 79.9. The molecule has 0 aromatic heterocycles.